The van der Waals surface area contributed by atoms with E-state index in [4.69, 9.17) is 0 Å². The Balaban J connectivity index is 0.000000956. The van der Waals surface area contributed by atoms with Crippen molar-refractivity contribution in [2.75, 3.05) is 0 Å². The van der Waals surface area contributed by atoms with Gasteiger partial charge in [-0.2, -0.15) is 0 Å². The largest absolute Gasteiger partial charge is 0.0727 e. The van der Waals surface area contributed by atoms with Crippen LogP contribution in [0.15, 0.2) is 41.5 Å². The standard InChI is InChI=1S/C18H24.C2H6/c1-12-6-8-17(14(3)10-12)16(5)18-9-7-13(2)11-15(18)4;1-2/h6-10,15-16H,11H2,1-5H3;1-2H3. The number of aryl methyl sites for hydroxylation is 2. The molecule has 0 aliphatic heterocycles. The lowest BCUT2D eigenvalue weighted by atomic mass is 9.78. The quantitative estimate of drug-likeness (QED) is 0.587. The minimum absolute atomic E-state index is 0.532. The van der Waals surface area contributed by atoms with Gasteiger partial charge in [0.1, 0.15) is 0 Å². The van der Waals surface area contributed by atoms with Crippen LogP contribution in [0.4, 0.5) is 0 Å². The summed E-state index contributed by atoms with van der Waals surface area (Å²) in [4.78, 5) is 0. The van der Waals surface area contributed by atoms with Gasteiger partial charge in [-0.1, -0.05) is 74.8 Å². The molecule has 0 heterocycles. The van der Waals surface area contributed by atoms with Gasteiger partial charge in [-0.15, -0.1) is 0 Å². The minimum Gasteiger partial charge on any atom is -0.0727 e. The second-order valence-electron chi connectivity index (χ2n) is 5.87. The molecule has 0 aromatic heterocycles. The topological polar surface area (TPSA) is 0 Å². The van der Waals surface area contributed by atoms with Crippen molar-refractivity contribution in [1.29, 1.82) is 0 Å². The molecule has 2 unspecified atom stereocenters. The van der Waals surface area contributed by atoms with Gasteiger partial charge in [0.05, 0.1) is 0 Å². The number of allylic oxidation sites excluding steroid dienone is 4. The highest BCUT2D eigenvalue weighted by atomic mass is 14.3. The van der Waals surface area contributed by atoms with Crippen molar-refractivity contribution in [1.82, 2.24) is 0 Å². The van der Waals surface area contributed by atoms with E-state index in [9.17, 15) is 0 Å². The number of hydrogen-bond acceptors (Lipinski definition) is 0. The Morgan fingerprint density at radius 1 is 1.05 bits per heavy atom. The third kappa shape index (κ3) is 3.85. The molecular weight excluding hydrogens is 240 g/mol. The lowest BCUT2D eigenvalue weighted by molar-refractivity contribution is 0.607. The third-order valence-corrected chi connectivity index (χ3v) is 4.15. The Labute approximate surface area is 125 Å². The summed E-state index contributed by atoms with van der Waals surface area (Å²) in [7, 11) is 0. The highest BCUT2D eigenvalue weighted by Crippen LogP contribution is 2.36. The van der Waals surface area contributed by atoms with Gasteiger partial charge in [0.25, 0.3) is 0 Å². The van der Waals surface area contributed by atoms with Crippen LogP contribution in [0.3, 0.4) is 0 Å². The zero-order chi connectivity index (χ0) is 15.3. The fraction of sp³-hybridized carbons (Fsp3) is 0.500. The van der Waals surface area contributed by atoms with Crippen LogP contribution < -0.4 is 0 Å². The maximum absolute atomic E-state index is 2.35. The van der Waals surface area contributed by atoms with E-state index in [0.717, 1.165) is 0 Å². The molecule has 0 fully saturated rings. The van der Waals surface area contributed by atoms with E-state index in [2.05, 4.69) is 65.0 Å². The molecule has 110 valence electrons. The highest BCUT2D eigenvalue weighted by molar-refractivity contribution is 5.40. The first-order valence-corrected chi connectivity index (χ1v) is 7.93. The molecule has 1 aromatic carbocycles. The summed E-state index contributed by atoms with van der Waals surface area (Å²) < 4.78 is 0. The fourth-order valence-electron chi connectivity index (χ4n) is 3.13. The molecule has 0 bridgehead atoms. The van der Waals surface area contributed by atoms with Crippen molar-refractivity contribution >= 4 is 0 Å². The van der Waals surface area contributed by atoms with E-state index in [1.54, 1.807) is 5.57 Å². The molecule has 1 aliphatic rings. The molecule has 0 heteroatoms. The van der Waals surface area contributed by atoms with Gasteiger partial charge >= 0.3 is 0 Å². The molecule has 0 radical (unpaired) electrons. The normalized spacial score (nSPS) is 19.4. The maximum Gasteiger partial charge on any atom is 0.00283 e. The molecule has 1 aromatic rings. The molecule has 2 atom stereocenters. The van der Waals surface area contributed by atoms with Crippen molar-refractivity contribution in [3.05, 3.63) is 58.2 Å². The van der Waals surface area contributed by atoms with Gasteiger partial charge in [-0.25, -0.2) is 0 Å². The van der Waals surface area contributed by atoms with Crippen molar-refractivity contribution < 1.29 is 0 Å². The fourth-order valence-corrected chi connectivity index (χ4v) is 3.13. The molecule has 0 saturated carbocycles. The van der Waals surface area contributed by atoms with Crippen molar-refractivity contribution in [2.45, 2.75) is 60.8 Å². The van der Waals surface area contributed by atoms with E-state index in [1.807, 2.05) is 13.8 Å². The second kappa shape index (κ2) is 7.47. The molecule has 0 saturated heterocycles. The number of benzene rings is 1. The van der Waals surface area contributed by atoms with Gasteiger partial charge < -0.3 is 0 Å². The van der Waals surface area contributed by atoms with Crippen molar-refractivity contribution in [3.63, 3.8) is 0 Å². The summed E-state index contributed by atoms with van der Waals surface area (Å²) in [6, 6.07) is 6.82. The lowest BCUT2D eigenvalue weighted by Crippen LogP contribution is -2.11. The SMILES string of the molecule is CC.CC1=CC=C(C(C)c2ccc(C)cc2C)C(C)C1. The third-order valence-electron chi connectivity index (χ3n) is 4.15. The first-order valence-electron chi connectivity index (χ1n) is 7.93. The first kappa shape index (κ1) is 16.8. The van der Waals surface area contributed by atoms with Crippen LogP contribution in [-0.2, 0) is 0 Å². The van der Waals surface area contributed by atoms with E-state index >= 15 is 0 Å². The van der Waals surface area contributed by atoms with Gasteiger partial charge in [0.15, 0.2) is 0 Å². The Morgan fingerprint density at radius 3 is 2.25 bits per heavy atom. The molecular formula is C20H30. The molecule has 2 rings (SSSR count). The summed E-state index contributed by atoms with van der Waals surface area (Å²) in [6.07, 6.45) is 5.84. The van der Waals surface area contributed by atoms with Gasteiger partial charge in [-0.05, 0) is 44.2 Å². The highest BCUT2D eigenvalue weighted by Gasteiger charge is 2.20. The monoisotopic (exact) mass is 270 g/mol. The Bertz CT molecular complexity index is 503. The van der Waals surface area contributed by atoms with Gasteiger partial charge in [0.2, 0.25) is 0 Å². The predicted octanol–water partition coefficient (Wildman–Crippen LogP) is 6.35. The van der Waals surface area contributed by atoms with E-state index in [-0.39, 0.29) is 0 Å². The molecule has 0 amide bonds. The summed E-state index contributed by atoms with van der Waals surface area (Å²) >= 11 is 0. The van der Waals surface area contributed by atoms with E-state index < -0.39 is 0 Å². The Morgan fingerprint density at radius 2 is 1.70 bits per heavy atom. The van der Waals surface area contributed by atoms with Crippen LogP contribution in [0.5, 0.6) is 0 Å². The smallest absolute Gasteiger partial charge is 0.00283 e. The summed E-state index contributed by atoms with van der Waals surface area (Å²) in [6.45, 7) is 15.3. The zero-order valence-corrected chi connectivity index (χ0v) is 14.2. The minimum atomic E-state index is 0.532. The molecule has 0 nitrogen and oxygen atoms in total. The van der Waals surface area contributed by atoms with E-state index in [0.29, 0.717) is 11.8 Å². The number of rotatable bonds is 2. The average molecular weight is 270 g/mol. The Kier molecular flexibility index (Phi) is 6.26. The summed E-state index contributed by atoms with van der Waals surface area (Å²) in [5.74, 6) is 1.20. The van der Waals surface area contributed by atoms with Gasteiger partial charge in [0, 0.05) is 5.92 Å². The average Bonchev–Trinajstić information content (AvgIpc) is 2.40. The molecule has 0 N–H and O–H groups in total. The zero-order valence-electron chi connectivity index (χ0n) is 14.2. The van der Waals surface area contributed by atoms with Crippen LogP contribution in [0.2, 0.25) is 0 Å². The van der Waals surface area contributed by atoms with Crippen LogP contribution in [-0.4, -0.2) is 0 Å². The lowest BCUT2D eigenvalue weighted by Gasteiger charge is -2.26. The first-order chi connectivity index (χ1) is 9.49. The molecule has 0 spiro atoms. The van der Waals surface area contributed by atoms with Gasteiger partial charge in [-0.3, -0.25) is 0 Å². The van der Waals surface area contributed by atoms with Crippen LogP contribution in [0, 0.1) is 19.8 Å². The predicted molar refractivity (Wildman–Crippen MR) is 91.3 cm³/mol. The number of hydrogen-bond donors (Lipinski definition) is 0. The van der Waals surface area contributed by atoms with E-state index in [1.165, 1.54) is 28.7 Å². The molecule has 1 aliphatic carbocycles. The Hall–Kier alpha value is -1.30. The van der Waals surface area contributed by atoms with Crippen molar-refractivity contribution in [2.24, 2.45) is 5.92 Å². The summed E-state index contributed by atoms with van der Waals surface area (Å²) in [5, 5.41) is 0. The van der Waals surface area contributed by atoms with Crippen LogP contribution >= 0.6 is 0 Å². The van der Waals surface area contributed by atoms with Crippen LogP contribution in [0.25, 0.3) is 0 Å². The second-order valence-corrected chi connectivity index (χ2v) is 5.87. The van der Waals surface area contributed by atoms with Crippen LogP contribution in [0.1, 0.15) is 63.6 Å². The maximum atomic E-state index is 2.35. The summed E-state index contributed by atoms with van der Waals surface area (Å²) in [5.41, 5.74) is 7.32. The molecule has 20 heavy (non-hydrogen) atoms. The van der Waals surface area contributed by atoms with Crippen molar-refractivity contribution in [3.8, 4) is 0 Å².